The average Bonchev–Trinajstić information content (AvgIpc) is 3.47. The summed E-state index contributed by atoms with van der Waals surface area (Å²) in [5.74, 6) is 0.559. The van der Waals surface area contributed by atoms with Gasteiger partial charge in [-0.25, -0.2) is 9.97 Å². The van der Waals surface area contributed by atoms with E-state index >= 15 is 0 Å². The first-order valence-corrected chi connectivity index (χ1v) is 8.39. The second kappa shape index (κ2) is 6.17. The number of fused-ring (bicyclic) bond motifs is 1. The third kappa shape index (κ3) is 2.58. The van der Waals surface area contributed by atoms with Crippen molar-refractivity contribution in [1.29, 1.82) is 0 Å². The fourth-order valence-corrected chi connectivity index (χ4v) is 3.47. The number of nitrogens with one attached hydrogen (secondary N) is 1. The normalized spacial score (nSPS) is 15.7. The third-order valence-electron chi connectivity index (χ3n) is 4.68. The zero-order valence-corrected chi connectivity index (χ0v) is 14.1. The van der Waals surface area contributed by atoms with Crippen molar-refractivity contribution in [2.24, 2.45) is 0 Å². The van der Waals surface area contributed by atoms with E-state index in [1.54, 1.807) is 17.3 Å². The van der Waals surface area contributed by atoms with Gasteiger partial charge in [-0.15, -0.1) is 0 Å². The van der Waals surface area contributed by atoms with Crippen LogP contribution in [-0.4, -0.2) is 36.0 Å². The van der Waals surface area contributed by atoms with Crippen molar-refractivity contribution in [3.8, 4) is 11.1 Å². The highest BCUT2D eigenvalue weighted by molar-refractivity contribution is 5.91. The van der Waals surface area contributed by atoms with Gasteiger partial charge in [-0.2, -0.15) is 5.10 Å². The number of hydrogen-bond donors (Lipinski definition) is 1. The van der Waals surface area contributed by atoms with Crippen LogP contribution in [0.15, 0.2) is 66.1 Å². The van der Waals surface area contributed by atoms with Crippen molar-refractivity contribution >= 4 is 5.91 Å². The van der Waals surface area contributed by atoms with Gasteiger partial charge in [-0.1, -0.05) is 18.2 Å². The number of aromatic nitrogens is 5. The first-order valence-electron chi connectivity index (χ1n) is 8.39. The summed E-state index contributed by atoms with van der Waals surface area (Å²) in [6, 6.07) is 9.70. The van der Waals surface area contributed by atoms with Crippen LogP contribution in [0, 0.1) is 0 Å². The smallest absolute Gasteiger partial charge is 0.292 e. The lowest BCUT2D eigenvalue weighted by molar-refractivity contribution is 0.0691. The van der Waals surface area contributed by atoms with Gasteiger partial charge in [0.25, 0.3) is 5.91 Å². The van der Waals surface area contributed by atoms with E-state index in [9.17, 15) is 4.79 Å². The Bertz CT molecular complexity index is 1080. The number of amides is 1. The number of oxazole rings is 1. The zero-order chi connectivity index (χ0) is 18.2. The molecule has 0 radical (unpaired) electrons. The standard InChI is InChI=1S/C19H14N6O2/c26-19(18-22-10-23-24-18)25-9-14-6-12(13-2-1-5-20-7-13)3-4-15(14)17(25)16-8-21-11-27-16/h1-8,10-11,17H,9H2,(H,22,23,24)/t17-/m1/s1. The molecule has 0 spiro atoms. The topological polar surface area (TPSA) is 101 Å². The summed E-state index contributed by atoms with van der Waals surface area (Å²) < 4.78 is 5.53. The summed E-state index contributed by atoms with van der Waals surface area (Å²) in [4.78, 5) is 26.8. The second-order valence-corrected chi connectivity index (χ2v) is 6.23. The summed E-state index contributed by atoms with van der Waals surface area (Å²) >= 11 is 0. The molecule has 1 aliphatic heterocycles. The number of carbonyl (C=O) groups is 1. The van der Waals surface area contributed by atoms with Gasteiger partial charge in [0.05, 0.1) is 6.20 Å². The van der Waals surface area contributed by atoms with E-state index in [-0.39, 0.29) is 17.8 Å². The molecule has 132 valence electrons. The van der Waals surface area contributed by atoms with Crippen LogP contribution in [0.2, 0.25) is 0 Å². The number of nitrogens with zero attached hydrogens (tertiary/aromatic N) is 5. The summed E-state index contributed by atoms with van der Waals surface area (Å²) in [7, 11) is 0. The molecule has 0 fully saturated rings. The van der Waals surface area contributed by atoms with Gasteiger partial charge in [0.1, 0.15) is 12.4 Å². The molecule has 27 heavy (non-hydrogen) atoms. The van der Waals surface area contributed by atoms with E-state index in [1.165, 1.54) is 12.7 Å². The highest BCUT2D eigenvalue weighted by Crippen LogP contribution is 2.40. The van der Waals surface area contributed by atoms with Gasteiger partial charge in [0.15, 0.2) is 12.2 Å². The number of carbonyl (C=O) groups excluding carboxylic acids is 1. The molecule has 0 bridgehead atoms. The molecule has 8 nitrogen and oxygen atoms in total. The Kier molecular flexibility index (Phi) is 3.53. The Morgan fingerprint density at radius 1 is 1.19 bits per heavy atom. The molecular formula is C19H14N6O2. The van der Waals surface area contributed by atoms with E-state index in [0.29, 0.717) is 12.3 Å². The number of pyridine rings is 1. The van der Waals surface area contributed by atoms with Crippen LogP contribution in [0.5, 0.6) is 0 Å². The van der Waals surface area contributed by atoms with Crippen molar-refractivity contribution in [1.82, 2.24) is 30.0 Å². The van der Waals surface area contributed by atoms with Crippen LogP contribution in [0.3, 0.4) is 0 Å². The van der Waals surface area contributed by atoms with Crippen molar-refractivity contribution in [2.75, 3.05) is 0 Å². The SMILES string of the molecule is O=C(c1ncn[nH]1)N1Cc2cc(-c3cccnc3)ccc2[C@@H]1c1cnco1. The number of H-pyrrole nitrogens is 1. The fourth-order valence-electron chi connectivity index (χ4n) is 3.47. The maximum Gasteiger partial charge on any atom is 0.292 e. The van der Waals surface area contributed by atoms with E-state index in [0.717, 1.165) is 22.3 Å². The second-order valence-electron chi connectivity index (χ2n) is 6.23. The minimum atomic E-state index is -0.358. The van der Waals surface area contributed by atoms with Crippen LogP contribution < -0.4 is 0 Å². The minimum absolute atomic E-state index is 0.194. The van der Waals surface area contributed by atoms with Gasteiger partial charge in [0, 0.05) is 18.9 Å². The maximum absolute atomic E-state index is 13.0. The van der Waals surface area contributed by atoms with Crippen molar-refractivity contribution in [3.63, 3.8) is 0 Å². The lowest BCUT2D eigenvalue weighted by Crippen LogP contribution is -2.30. The Morgan fingerprint density at radius 3 is 2.89 bits per heavy atom. The van der Waals surface area contributed by atoms with Crippen LogP contribution in [0.25, 0.3) is 11.1 Å². The highest BCUT2D eigenvalue weighted by atomic mass is 16.3. The van der Waals surface area contributed by atoms with Crippen LogP contribution in [0.1, 0.15) is 33.5 Å². The molecular weight excluding hydrogens is 344 g/mol. The minimum Gasteiger partial charge on any atom is -0.446 e. The Labute approximate surface area is 153 Å². The molecule has 0 saturated carbocycles. The van der Waals surface area contributed by atoms with Gasteiger partial charge in [-0.05, 0) is 34.4 Å². The molecule has 1 aliphatic rings. The van der Waals surface area contributed by atoms with E-state index in [2.05, 4.69) is 31.2 Å². The fraction of sp³-hybridized carbons (Fsp3) is 0.105. The molecule has 1 aromatic carbocycles. The van der Waals surface area contributed by atoms with Gasteiger partial charge >= 0.3 is 0 Å². The van der Waals surface area contributed by atoms with Crippen LogP contribution in [0.4, 0.5) is 0 Å². The predicted molar refractivity (Wildman–Crippen MR) is 94.3 cm³/mol. The Balaban J connectivity index is 1.58. The quantitative estimate of drug-likeness (QED) is 0.604. The summed E-state index contributed by atoms with van der Waals surface area (Å²) in [6.07, 6.45) is 7.89. The lowest BCUT2D eigenvalue weighted by Gasteiger charge is -2.22. The molecule has 5 rings (SSSR count). The molecule has 0 aliphatic carbocycles. The molecule has 1 atom stereocenters. The Morgan fingerprint density at radius 2 is 2.15 bits per heavy atom. The number of aromatic amines is 1. The van der Waals surface area contributed by atoms with Crippen molar-refractivity contribution in [3.05, 3.63) is 84.4 Å². The molecule has 1 N–H and O–H groups in total. The van der Waals surface area contributed by atoms with Gasteiger partial charge in [0.2, 0.25) is 5.82 Å². The van der Waals surface area contributed by atoms with Crippen molar-refractivity contribution < 1.29 is 9.21 Å². The predicted octanol–water partition coefficient (Wildman–Crippen LogP) is 2.60. The first kappa shape index (κ1) is 15.4. The maximum atomic E-state index is 13.0. The first-order chi connectivity index (χ1) is 13.3. The van der Waals surface area contributed by atoms with Gasteiger partial charge in [-0.3, -0.25) is 14.9 Å². The third-order valence-corrected chi connectivity index (χ3v) is 4.68. The summed E-state index contributed by atoms with van der Waals surface area (Å²) in [6.45, 7) is 0.439. The molecule has 8 heteroatoms. The largest absolute Gasteiger partial charge is 0.446 e. The van der Waals surface area contributed by atoms with E-state index < -0.39 is 0 Å². The number of hydrogen-bond acceptors (Lipinski definition) is 6. The molecule has 1 amide bonds. The van der Waals surface area contributed by atoms with Gasteiger partial charge < -0.3 is 9.32 Å². The van der Waals surface area contributed by atoms with Crippen molar-refractivity contribution in [2.45, 2.75) is 12.6 Å². The number of rotatable bonds is 3. The summed E-state index contributed by atoms with van der Waals surface area (Å²) in [5, 5.41) is 6.42. The van der Waals surface area contributed by atoms with Crippen LogP contribution in [-0.2, 0) is 6.54 Å². The molecule has 0 saturated heterocycles. The van der Waals surface area contributed by atoms with E-state index in [4.69, 9.17) is 4.42 Å². The van der Waals surface area contributed by atoms with Crippen LogP contribution >= 0.6 is 0 Å². The monoisotopic (exact) mass is 358 g/mol. The number of benzene rings is 1. The molecule has 4 aromatic rings. The molecule has 3 aromatic heterocycles. The molecule has 4 heterocycles. The average molecular weight is 358 g/mol. The molecule has 0 unspecified atom stereocenters. The zero-order valence-electron chi connectivity index (χ0n) is 14.1. The van der Waals surface area contributed by atoms with E-state index in [1.807, 2.05) is 30.5 Å². The Hall–Kier alpha value is -3.81. The lowest BCUT2D eigenvalue weighted by atomic mass is 9.98. The highest BCUT2D eigenvalue weighted by Gasteiger charge is 2.38. The summed E-state index contributed by atoms with van der Waals surface area (Å²) in [5.41, 5.74) is 4.13.